The average Bonchev–Trinajstić information content (AvgIpc) is 2.53. The van der Waals surface area contributed by atoms with Crippen LogP contribution in [0.4, 0.5) is 5.82 Å². The molecule has 0 spiro atoms. The highest BCUT2D eigenvalue weighted by Gasteiger charge is 2.22. The number of ether oxygens (including phenoxy) is 1. The second-order valence-corrected chi connectivity index (χ2v) is 6.95. The summed E-state index contributed by atoms with van der Waals surface area (Å²) in [6.45, 7) is 9.49. The highest BCUT2D eigenvalue weighted by Crippen LogP contribution is 2.23. The third-order valence-corrected chi connectivity index (χ3v) is 3.49. The molecule has 7 nitrogen and oxygen atoms in total. The van der Waals surface area contributed by atoms with Crippen molar-refractivity contribution in [3.8, 4) is 0 Å². The summed E-state index contributed by atoms with van der Waals surface area (Å²) in [5.41, 5.74) is 1.68. The van der Waals surface area contributed by atoms with Crippen LogP contribution in [0, 0.1) is 6.92 Å². The van der Waals surface area contributed by atoms with Crippen LogP contribution in [-0.2, 0) is 14.3 Å². The predicted octanol–water partition coefficient (Wildman–Crippen LogP) is 2.85. The quantitative estimate of drug-likeness (QED) is 0.367. The number of nitrogens with one attached hydrogen (secondary N) is 1. The second-order valence-electron chi connectivity index (χ2n) is 6.95. The summed E-state index contributed by atoms with van der Waals surface area (Å²) in [5, 5.41) is 3.26. The molecule has 0 radical (unpaired) electrons. The number of Topliss-reactive ketones (excluding diaryl/α,β-unsaturated/α-hetero) is 2. The summed E-state index contributed by atoms with van der Waals surface area (Å²) in [7, 11) is 0. The highest BCUT2D eigenvalue weighted by atomic mass is 16.5. The molecule has 0 saturated heterocycles. The standard InChI is InChI=1S/C19H23N3O4/c1-6-26-18(25)15(24)10-14(23)12-8-7-9-13-16(12)21-17(11(2)20-13)22-19(3,4)5/h7-9H,6,10H2,1-5H3,(H,21,22). The number of carbonyl (C=O) groups is 3. The molecule has 26 heavy (non-hydrogen) atoms. The van der Waals surface area contributed by atoms with E-state index in [1.807, 2.05) is 27.7 Å². The Morgan fingerprint density at radius 2 is 1.85 bits per heavy atom. The Labute approximate surface area is 152 Å². The number of rotatable bonds is 6. The van der Waals surface area contributed by atoms with Crippen LogP contribution in [-0.4, -0.2) is 39.6 Å². The topological polar surface area (TPSA) is 98.3 Å². The number of hydrogen-bond donors (Lipinski definition) is 1. The Kier molecular flexibility index (Phi) is 5.69. The zero-order valence-electron chi connectivity index (χ0n) is 15.7. The van der Waals surface area contributed by atoms with E-state index >= 15 is 0 Å². The van der Waals surface area contributed by atoms with Gasteiger partial charge >= 0.3 is 5.97 Å². The van der Waals surface area contributed by atoms with Crippen molar-refractivity contribution in [2.75, 3.05) is 11.9 Å². The van der Waals surface area contributed by atoms with E-state index in [1.165, 1.54) is 0 Å². The van der Waals surface area contributed by atoms with Crippen LogP contribution in [0.25, 0.3) is 11.0 Å². The Morgan fingerprint density at radius 3 is 2.46 bits per heavy atom. The molecular weight excluding hydrogens is 334 g/mol. The van der Waals surface area contributed by atoms with E-state index < -0.39 is 24.0 Å². The first-order valence-corrected chi connectivity index (χ1v) is 8.41. The minimum Gasteiger partial charge on any atom is -0.460 e. The lowest BCUT2D eigenvalue weighted by atomic mass is 10.0. The number of nitrogens with zero attached hydrogens (tertiary/aromatic N) is 2. The Bertz CT molecular complexity index is 869. The van der Waals surface area contributed by atoms with Gasteiger partial charge in [0.15, 0.2) is 5.78 Å². The van der Waals surface area contributed by atoms with E-state index in [0.29, 0.717) is 22.5 Å². The van der Waals surface area contributed by atoms with E-state index in [9.17, 15) is 14.4 Å². The summed E-state index contributed by atoms with van der Waals surface area (Å²) in [4.78, 5) is 44.9. The predicted molar refractivity (Wildman–Crippen MR) is 98.2 cm³/mol. The van der Waals surface area contributed by atoms with Crippen molar-refractivity contribution < 1.29 is 19.1 Å². The molecule has 0 amide bonds. The van der Waals surface area contributed by atoms with Gasteiger partial charge in [-0.15, -0.1) is 0 Å². The molecule has 2 rings (SSSR count). The zero-order chi connectivity index (χ0) is 19.5. The van der Waals surface area contributed by atoms with Gasteiger partial charge in [-0.1, -0.05) is 6.07 Å². The van der Waals surface area contributed by atoms with Crippen molar-refractivity contribution >= 4 is 34.4 Å². The Balaban J connectivity index is 2.41. The van der Waals surface area contributed by atoms with Gasteiger partial charge in [0.05, 0.1) is 24.2 Å². The molecule has 1 aromatic heterocycles. The SMILES string of the molecule is CCOC(=O)C(=O)CC(=O)c1cccc2nc(C)c(NC(C)(C)C)nc12. The lowest BCUT2D eigenvalue weighted by Gasteiger charge is -2.22. The fraction of sp³-hybridized carbons (Fsp3) is 0.421. The van der Waals surface area contributed by atoms with E-state index in [-0.39, 0.29) is 17.7 Å². The number of anilines is 1. The van der Waals surface area contributed by atoms with Crippen molar-refractivity contribution in [2.45, 2.75) is 46.6 Å². The van der Waals surface area contributed by atoms with Crippen LogP contribution >= 0.6 is 0 Å². The van der Waals surface area contributed by atoms with E-state index in [1.54, 1.807) is 25.1 Å². The van der Waals surface area contributed by atoms with Crippen LogP contribution in [0.15, 0.2) is 18.2 Å². The van der Waals surface area contributed by atoms with Crippen molar-refractivity contribution in [3.05, 3.63) is 29.5 Å². The van der Waals surface area contributed by atoms with Gasteiger partial charge in [-0.2, -0.15) is 0 Å². The molecule has 1 aromatic carbocycles. The molecule has 0 aliphatic rings. The van der Waals surface area contributed by atoms with Gasteiger partial charge in [0.25, 0.3) is 0 Å². The molecule has 0 bridgehead atoms. The number of para-hydroxylation sites is 1. The molecule has 0 unspecified atom stereocenters. The molecular formula is C19H23N3O4. The number of fused-ring (bicyclic) bond motifs is 1. The van der Waals surface area contributed by atoms with Crippen LogP contribution < -0.4 is 5.32 Å². The van der Waals surface area contributed by atoms with Crippen LogP contribution in [0.3, 0.4) is 0 Å². The maximum atomic E-state index is 12.5. The summed E-state index contributed by atoms with van der Waals surface area (Å²) in [6.07, 6.45) is -0.560. The third-order valence-electron chi connectivity index (χ3n) is 3.49. The van der Waals surface area contributed by atoms with E-state index in [2.05, 4.69) is 20.0 Å². The third kappa shape index (κ3) is 4.62. The average molecular weight is 357 g/mol. The number of aryl methyl sites for hydroxylation is 1. The molecule has 1 heterocycles. The molecule has 0 atom stereocenters. The van der Waals surface area contributed by atoms with Crippen molar-refractivity contribution in [2.24, 2.45) is 0 Å². The van der Waals surface area contributed by atoms with Crippen molar-refractivity contribution in [3.63, 3.8) is 0 Å². The van der Waals surface area contributed by atoms with Crippen molar-refractivity contribution in [1.82, 2.24) is 9.97 Å². The largest absolute Gasteiger partial charge is 0.460 e. The Morgan fingerprint density at radius 1 is 1.15 bits per heavy atom. The summed E-state index contributed by atoms with van der Waals surface area (Å²) >= 11 is 0. The number of carbonyl (C=O) groups excluding carboxylic acids is 3. The first kappa shape index (κ1) is 19.5. The summed E-state index contributed by atoms with van der Waals surface area (Å²) in [5.74, 6) is -1.80. The molecule has 0 aliphatic carbocycles. The fourth-order valence-corrected chi connectivity index (χ4v) is 2.39. The van der Waals surface area contributed by atoms with Gasteiger partial charge in [-0.3, -0.25) is 9.59 Å². The molecule has 0 fully saturated rings. The van der Waals surface area contributed by atoms with Gasteiger partial charge in [0, 0.05) is 11.1 Å². The zero-order valence-corrected chi connectivity index (χ0v) is 15.7. The fourth-order valence-electron chi connectivity index (χ4n) is 2.39. The van der Waals surface area contributed by atoms with Gasteiger partial charge in [0.2, 0.25) is 5.78 Å². The maximum Gasteiger partial charge on any atom is 0.375 e. The number of ketones is 2. The lowest BCUT2D eigenvalue weighted by molar-refractivity contribution is -0.153. The van der Waals surface area contributed by atoms with Gasteiger partial charge in [-0.25, -0.2) is 14.8 Å². The van der Waals surface area contributed by atoms with Gasteiger partial charge in [0.1, 0.15) is 11.3 Å². The van der Waals surface area contributed by atoms with Gasteiger partial charge in [-0.05, 0) is 46.8 Å². The van der Waals surface area contributed by atoms with E-state index in [0.717, 1.165) is 0 Å². The highest BCUT2D eigenvalue weighted by molar-refractivity contribution is 6.38. The van der Waals surface area contributed by atoms with Crippen LogP contribution in [0.5, 0.6) is 0 Å². The summed E-state index contributed by atoms with van der Waals surface area (Å²) in [6, 6.07) is 5.00. The van der Waals surface area contributed by atoms with Crippen LogP contribution in [0.2, 0.25) is 0 Å². The normalized spacial score (nSPS) is 11.3. The minimum atomic E-state index is -1.00. The Hall–Kier alpha value is -2.83. The number of hydrogen-bond acceptors (Lipinski definition) is 7. The van der Waals surface area contributed by atoms with E-state index in [4.69, 9.17) is 0 Å². The smallest absolute Gasteiger partial charge is 0.375 e. The number of benzene rings is 1. The molecule has 0 aliphatic heterocycles. The van der Waals surface area contributed by atoms with Gasteiger partial charge < -0.3 is 10.1 Å². The van der Waals surface area contributed by atoms with Crippen LogP contribution in [0.1, 0.15) is 50.2 Å². The first-order chi connectivity index (χ1) is 12.1. The maximum absolute atomic E-state index is 12.5. The molecule has 138 valence electrons. The molecule has 0 saturated carbocycles. The molecule has 7 heteroatoms. The first-order valence-electron chi connectivity index (χ1n) is 8.41. The molecule has 1 N–H and O–H groups in total. The monoisotopic (exact) mass is 357 g/mol. The second kappa shape index (κ2) is 7.59. The number of aromatic nitrogens is 2. The van der Waals surface area contributed by atoms with Crippen molar-refractivity contribution in [1.29, 1.82) is 0 Å². The molecule has 2 aromatic rings. The lowest BCUT2D eigenvalue weighted by Crippen LogP contribution is -2.27. The summed E-state index contributed by atoms with van der Waals surface area (Å²) < 4.78 is 4.64. The number of esters is 1. The minimum absolute atomic E-state index is 0.0830.